The summed E-state index contributed by atoms with van der Waals surface area (Å²) in [6.07, 6.45) is 0. The van der Waals surface area contributed by atoms with Crippen molar-refractivity contribution in [1.82, 2.24) is 0 Å². The number of fused-ring (bicyclic) bond motifs is 6. The summed E-state index contributed by atoms with van der Waals surface area (Å²) >= 11 is 0. The zero-order valence-electron chi connectivity index (χ0n) is 47.1. The van der Waals surface area contributed by atoms with Crippen LogP contribution in [-0.4, -0.2) is 5.78 Å². The molecule has 0 atom stereocenters. The lowest BCUT2D eigenvalue weighted by Gasteiger charge is -2.34. The Hall–Kier alpha value is -10.5. The van der Waals surface area contributed by atoms with Gasteiger partial charge in [0, 0.05) is 11.1 Å². The predicted molar refractivity (Wildman–Crippen MR) is 336 cm³/mol. The van der Waals surface area contributed by atoms with Crippen LogP contribution in [0.2, 0.25) is 0 Å². The van der Waals surface area contributed by atoms with Crippen molar-refractivity contribution in [3.05, 3.63) is 357 Å². The van der Waals surface area contributed by atoms with E-state index in [4.69, 9.17) is 18.9 Å². The lowest BCUT2D eigenvalue weighted by molar-refractivity contribution is 0.103. The highest BCUT2D eigenvalue weighted by atomic mass is 16.5. The van der Waals surface area contributed by atoms with E-state index < -0.39 is 10.8 Å². The second-order valence-corrected chi connectivity index (χ2v) is 22.2. The number of rotatable bonds is 14. The van der Waals surface area contributed by atoms with Crippen LogP contribution in [-0.2, 0) is 10.8 Å². The molecular formula is C79H58O5. The molecule has 0 heterocycles. The van der Waals surface area contributed by atoms with E-state index in [1.165, 1.54) is 44.5 Å². The van der Waals surface area contributed by atoms with Gasteiger partial charge in [0.25, 0.3) is 0 Å². The number of carbonyl (C=O) groups is 1. The van der Waals surface area contributed by atoms with Gasteiger partial charge in [0.05, 0.1) is 10.8 Å². The third-order valence-corrected chi connectivity index (χ3v) is 16.6. The fraction of sp³-hybridized carbons (Fsp3) is 0.0759. The summed E-state index contributed by atoms with van der Waals surface area (Å²) in [4.78, 5) is 13.9. The second kappa shape index (κ2) is 21.1. The smallest absolute Gasteiger partial charge is 0.193 e. The van der Waals surface area contributed by atoms with Crippen LogP contribution in [0.15, 0.2) is 279 Å². The molecule has 0 amide bonds. The minimum Gasteiger partial charge on any atom is -0.457 e. The quantitative estimate of drug-likeness (QED) is 0.102. The summed E-state index contributed by atoms with van der Waals surface area (Å²) in [7, 11) is 0. The lowest BCUT2D eigenvalue weighted by Crippen LogP contribution is -2.28. The summed E-state index contributed by atoms with van der Waals surface area (Å²) in [6, 6.07) is 95.9. The molecule has 2 aliphatic carbocycles. The third-order valence-electron chi connectivity index (χ3n) is 16.6. The first-order chi connectivity index (χ1) is 41.1. The summed E-state index contributed by atoms with van der Waals surface area (Å²) < 4.78 is 25.7. The summed E-state index contributed by atoms with van der Waals surface area (Å²) in [5.41, 5.74) is 18.9. The van der Waals surface area contributed by atoms with Gasteiger partial charge < -0.3 is 18.9 Å². The van der Waals surface area contributed by atoms with E-state index in [1.54, 1.807) is 0 Å². The number of aryl methyl sites for hydroxylation is 4. The molecule has 0 radical (unpaired) electrons. The molecule has 0 fully saturated rings. The molecule has 0 saturated carbocycles. The first kappa shape index (κ1) is 51.6. The van der Waals surface area contributed by atoms with E-state index in [-0.39, 0.29) is 5.78 Å². The molecule has 404 valence electrons. The maximum Gasteiger partial charge on any atom is 0.193 e. The molecule has 0 aliphatic heterocycles. The Kier molecular flexibility index (Phi) is 13.0. The molecule has 12 aromatic rings. The van der Waals surface area contributed by atoms with Crippen LogP contribution in [0.3, 0.4) is 0 Å². The predicted octanol–water partition coefficient (Wildman–Crippen LogP) is 20.0. The molecule has 2 aliphatic rings. The molecule has 0 saturated heterocycles. The average Bonchev–Trinajstić information content (AvgIpc) is 1.86. The first-order valence-corrected chi connectivity index (χ1v) is 28.5. The lowest BCUT2D eigenvalue weighted by atomic mass is 9.68. The van der Waals surface area contributed by atoms with Gasteiger partial charge in [0.2, 0.25) is 0 Å². The van der Waals surface area contributed by atoms with Gasteiger partial charge in [-0.15, -0.1) is 0 Å². The normalized spacial score (nSPS) is 13.0. The molecule has 5 nitrogen and oxygen atoms in total. The van der Waals surface area contributed by atoms with Gasteiger partial charge in [-0.05, 0) is 238 Å². The zero-order valence-corrected chi connectivity index (χ0v) is 47.1. The maximum atomic E-state index is 13.9. The molecule has 14 rings (SSSR count). The number of carbonyl (C=O) groups excluding carboxylic acids is 1. The average molecular weight is 1090 g/mol. The van der Waals surface area contributed by atoms with Gasteiger partial charge in [-0.1, -0.05) is 158 Å². The van der Waals surface area contributed by atoms with Crippen molar-refractivity contribution in [3.63, 3.8) is 0 Å². The molecule has 0 bridgehead atoms. The van der Waals surface area contributed by atoms with E-state index >= 15 is 0 Å². The minimum atomic E-state index is -0.587. The van der Waals surface area contributed by atoms with Gasteiger partial charge in [-0.25, -0.2) is 0 Å². The van der Waals surface area contributed by atoms with Gasteiger partial charge in [0.15, 0.2) is 5.78 Å². The molecular weight excluding hydrogens is 1030 g/mol. The van der Waals surface area contributed by atoms with Crippen LogP contribution in [0.4, 0.5) is 0 Å². The van der Waals surface area contributed by atoms with Crippen LogP contribution in [0.5, 0.6) is 46.0 Å². The van der Waals surface area contributed by atoms with Crippen molar-refractivity contribution >= 4 is 5.78 Å². The topological polar surface area (TPSA) is 54.0 Å². The van der Waals surface area contributed by atoms with E-state index in [1.807, 2.05) is 72.8 Å². The SMILES string of the molecule is Cc1cc(C)cc(Oc2ccc(C3(c4ccc(Oc5ccc(C(=O)c6ccc(Oc7ccc(C8(c9ccc(Oc%10cc(C)cc(C)c%10)cc9)c9ccccc9-c9ccccc98)cc7)cc6)cc5)cc4)c4ccccc4-c4ccccc43)cc2)c1. The standard InChI is InChI=1S/C79H58O5/c1-51-45-52(2)48-67(47-51)83-65-41-29-59(30-42-65)78(73-17-9-5-13-69(73)70-14-6-10-18-74(70)78)57-25-37-63(38-26-57)81-61-33-21-55(22-34-61)77(80)56-23-35-62(36-24-56)82-64-39-27-58(28-40-64)79(75-19-11-7-15-71(75)72-16-8-12-20-76(72)79)60-31-43-66(44-32-60)84-68-49-53(3)46-54(4)50-68/h5-50H,1-4H3. The Bertz CT molecular complexity index is 4030. The number of benzene rings is 12. The highest BCUT2D eigenvalue weighted by molar-refractivity contribution is 6.09. The Morgan fingerprint density at radius 2 is 0.464 bits per heavy atom. The number of ether oxygens (including phenoxy) is 4. The Labute approximate surface area is 490 Å². The van der Waals surface area contributed by atoms with E-state index in [9.17, 15) is 4.79 Å². The highest BCUT2D eigenvalue weighted by Crippen LogP contribution is 2.58. The number of hydrogen-bond donors (Lipinski definition) is 0. The number of ketones is 1. The van der Waals surface area contributed by atoms with Crippen molar-refractivity contribution in [1.29, 1.82) is 0 Å². The van der Waals surface area contributed by atoms with Crippen LogP contribution in [0, 0.1) is 27.7 Å². The largest absolute Gasteiger partial charge is 0.457 e. The molecule has 0 aromatic heterocycles. The zero-order chi connectivity index (χ0) is 56.9. The van der Waals surface area contributed by atoms with E-state index in [2.05, 4.69) is 234 Å². The van der Waals surface area contributed by atoms with Gasteiger partial charge in [-0.3, -0.25) is 4.79 Å². The summed E-state index contributed by atoms with van der Waals surface area (Å²) in [5.74, 6) is 5.75. The molecule has 0 N–H and O–H groups in total. The van der Waals surface area contributed by atoms with Gasteiger partial charge in [-0.2, -0.15) is 0 Å². The van der Waals surface area contributed by atoms with Crippen LogP contribution in [0.1, 0.15) is 82.7 Å². The van der Waals surface area contributed by atoms with Crippen LogP contribution in [0.25, 0.3) is 22.3 Å². The Morgan fingerprint density at radius 1 is 0.250 bits per heavy atom. The monoisotopic (exact) mass is 1090 g/mol. The highest BCUT2D eigenvalue weighted by Gasteiger charge is 2.47. The first-order valence-electron chi connectivity index (χ1n) is 28.5. The fourth-order valence-electron chi connectivity index (χ4n) is 13.2. The Balaban J connectivity index is 0.676. The summed E-state index contributed by atoms with van der Waals surface area (Å²) in [5, 5.41) is 0. The van der Waals surface area contributed by atoms with Crippen molar-refractivity contribution in [3.8, 4) is 68.2 Å². The molecule has 0 unspecified atom stereocenters. The maximum absolute atomic E-state index is 13.9. The Morgan fingerprint density at radius 3 is 0.714 bits per heavy atom. The second-order valence-electron chi connectivity index (χ2n) is 22.2. The molecule has 5 heteroatoms. The van der Waals surface area contributed by atoms with Crippen molar-refractivity contribution in [2.75, 3.05) is 0 Å². The summed E-state index contributed by atoms with van der Waals surface area (Å²) in [6.45, 7) is 8.35. The fourth-order valence-corrected chi connectivity index (χ4v) is 13.2. The molecule has 84 heavy (non-hydrogen) atoms. The van der Waals surface area contributed by atoms with Crippen molar-refractivity contribution in [2.24, 2.45) is 0 Å². The van der Waals surface area contributed by atoms with Crippen LogP contribution < -0.4 is 18.9 Å². The molecule has 12 aromatic carbocycles. The van der Waals surface area contributed by atoms with Gasteiger partial charge in [0.1, 0.15) is 46.0 Å². The third kappa shape index (κ3) is 9.11. The van der Waals surface area contributed by atoms with Crippen LogP contribution >= 0.6 is 0 Å². The van der Waals surface area contributed by atoms with Crippen molar-refractivity contribution < 1.29 is 23.7 Å². The molecule has 0 spiro atoms. The van der Waals surface area contributed by atoms with E-state index in [0.29, 0.717) is 34.1 Å². The van der Waals surface area contributed by atoms with E-state index in [0.717, 1.165) is 67.5 Å². The van der Waals surface area contributed by atoms with Crippen molar-refractivity contribution in [2.45, 2.75) is 38.5 Å². The number of hydrogen-bond acceptors (Lipinski definition) is 5. The van der Waals surface area contributed by atoms with Gasteiger partial charge >= 0.3 is 0 Å². The minimum absolute atomic E-state index is 0.0960.